The second kappa shape index (κ2) is 9.72. The number of carboxylic acid groups (broad SMARTS) is 1. The van der Waals surface area contributed by atoms with Crippen molar-refractivity contribution in [3.63, 3.8) is 0 Å². The minimum absolute atomic E-state index is 0.113. The Morgan fingerprint density at radius 3 is 2.20 bits per heavy atom. The summed E-state index contributed by atoms with van der Waals surface area (Å²) in [7, 11) is 0. The molecule has 2 aliphatic heterocycles. The smallest absolute Gasteiger partial charge is 0.404 e. The molecular weight excluding hydrogens is 522 g/mol. The summed E-state index contributed by atoms with van der Waals surface area (Å²) in [6.45, 7) is 5.89. The number of nitrogens with one attached hydrogen (secondary N) is 1. The van der Waals surface area contributed by atoms with E-state index < -0.39 is 57.9 Å². The summed E-state index contributed by atoms with van der Waals surface area (Å²) in [5.41, 5.74) is -1.67. The topological polar surface area (TPSA) is 125 Å². The molecule has 3 atom stereocenters. The molecule has 0 aliphatic carbocycles. The first-order valence-corrected chi connectivity index (χ1v) is 12.9. The average molecular weight is 553 g/mol. The molecule has 3 heterocycles. The number of benzene rings is 2. The van der Waals surface area contributed by atoms with Gasteiger partial charge in [0.1, 0.15) is 17.5 Å². The van der Waals surface area contributed by atoms with Crippen molar-refractivity contribution >= 4 is 12.0 Å². The fourth-order valence-corrected chi connectivity index (χ4v) is 6.39. The monoisotopic (exact) mass is 552 g/mol. The van der Waals surface area contributed by atoms with Gasteiger partial charge >= 0.3 is 11.7 Å². The molecule has 40 heavy (non-hydrogen) atoms. The van der Waals surface area contributed by atoms with Crippen LogP contribution in [0.4, 0.5) is 13.6 Å². The van der Waals surface area contributed by atoms with Crippen molar-refractivity contribution < 1.29 is 28.6 Å². The molecule has 2 aromatic carbocycles. The molecule has 0 fully saturated rings. The van der Waals surface area contributed by atoms with E-state index >= 15 is 0 Å². The van der Waals surface area contributed by atoms with Crippen molar-refractivity contribution in [1.29, 1.82) is 0 Å². The molecule has 5 rings (SSSR count). The molecule has 9 nitrogen and oxygen atoms in total. The Labute approximate surface area is 229 Å². The van der Waals surface area contributed by atoms with Gasteiger partial charge in [-0.2, -0.15) is 4.98 Å². The average Bonchev–Trinajstić information content (AvgIpc) is 3.17. The van der Waals surface area contributed by atoms with E-state index in [1.54, 1.807) is 28.8 Å². The van der Waals surface area contributed by atoms with Crippen LogP contribution in [0.15, 0.2) is 53.3 Å². The van der Waals surface area contributed by atoms with Gasteiger partial charge in [-0.15, -0.1) is 0 Å². The fraction of sp³-hybridized carbons (Fsp3) is 0.379. The number of carbonyl (C=O) groups excluding carboxylic acids is 1. The molecule has 11 heteroatoms. The van der Waals surface area contributed by atoms with Crippen molar-refractivity contribution in [1.82, 2.24) is 19.8 Å². The Kier molecular flexibility index (Phi) is 6.63. The third-order valence-electron chi connectivity index (χ3n) is 7.84. The SMILES string of the molecule is CC(C)(C)C(NC(=O)O)C1(Cc2ccc(F)cc2)CC2CN(Cc3ccc(F)cc3)C(=O)c3c(O)c(=O)nc1n32. The molecule has 3 unspecified atom stereocenters. The number of rotatable bonds is 6. The number of carbonyl (C=O) groups is 2. The van der Waals surface area contributed by atoms with E-state index in [4.69, 9.17) is 0 Å². The number of nitrogens with zero attached hydrogens (tertiary/aromatic N) is 3. The summed E-state index contributed by atoms with van der Waals surface area (Å²) in [5, 5.41) is 23.3. The van der Waals surface area contributed by atoms with Crippen LogP contribution in [0, 0.1) is 17.0 Å². The quantitative estimate of drug-likeness (QED) is 0.425. The van der Waals surface area contributed by atoms with Gasteiger partial charge < -0.3 is 25.0 Å². The van der Waals surface area contributed by atoms with Gasteiger partial charge in [0.25, 0.3) is 5.91 Å². The molecule has 3 aromatic rings. The van der Waals surface area contributed by atoms with E-state index in [1.807, 2.05) is 20.8 Å². The van der Waals surface area contributed by atoms with Crippen LogP contribution in [0.1, 0.15) is 60.7 Å². The minimum atomic E-state index is -1.27. The largest absolute Gasteiger partial charge is 0.501 e. The van der Waals surface area contributed by atoms with E-state index in [9.17, 15) is 33.4 Å². The summed E-state index contributed by atoms with van der Waals surface area (Å²) in [6, 6.07) is 10.3. The highest BCUT2D eigenvalue weighted by molar-refractivity contribution is 5.96. The Morgan fingerprint density at radius 2 is 1.65 bits per heavy atom. The van der Waals surface area contributed by atoms with Crippen LogP contribution in [-0.4, -0.2) is 49.3 Å². The zero-order chi connectivity index (χ0) is 29.0. The summed E-state index contributed by atoms with van der Waals surface area (Å²) >= 11 is 0. The first-order chi connectivity index (χ1) is 18.8. The molecule has 0 bridgehead atoms. The van der Waals surface area contributed by atoms with Crippen LogP contribution >= 0.6 is 0 Å². The number of aromatic hydroxyl groups is 1. The van der Waals surface area contributed by atoms with Crippen molar-refractivity contribution in [2.75, 3.05) is 6.54 Å². The molecule has 1 aromatic heterocycles. The van der Waals surface area contributed by atoms with Gasteiger partial charge in [-0.05, 0) is 53.6 Å². The van der Waals surface area contributed by atoms with E-state index in [2.05, 4.69) is 10.3 Å². The van der Waals surface area contributed by atoms with Gasteiger partial charge in [-0.3, -0.25) is 9.59 Å². The van der Waals surface area contributed by atoms with Crippen molar-refractivity contribution in [3.8, 4) is 5.75 Å². The highest BCUT2D eigenvalue weighted by Gasteiger charge is 2.57. The lowest BCUT2D eigenvalue weighted by atomic mass is 9.64. The molecule has 0 saturated carbocycles. The summed E-state index contributed by atoms with van der Waals surface area (Å²) < 4.78 is 28.8. The van der Waals surface area contributed by atoms with E-state index in [-0.39, 0.29) is 37.4 Å². The highest BCUT2D eigenvalue weighted by Crippen LogP contribution is 2.51. The van der Waals surface area contributed by atoms with Gasteiger partial charge in [-0.25, -0.2) is 13.6 Å². The van der Waals surface area contributed by atoms with Gasteiger partial charge in [0, 0.05) is 13.1 Å². The van der Waals surface area contributed by atoms with E-state index in [1.165, 1.54) is 29.2 Å². The third kappa shape index (κ3) is 4.69. The van der Waals surface area contributed by atoms with Crippen LogP contribution in [0.25, 0.3) is 0 Å². The van der Waals surface area contributed by atoms with Gasteiger partial charge in [-0.1, -0.05) is 45.0 Å². The molecule has 0 spiro atoms. The second-order valence-corrected chi connectivity index (χ2v) is 11.7. The normalized spacial score (nSPS) is 20.8. The lowest BCUT2D eigenvalue weighted by Gasteiger charge is -2.44. The van der Waals surface area contributed by atoms with Crippen molar-refractivity contribution in [3.05, 3.63) is 93.2 Å². The predicted octanol–water partition coefficient (Wildman–Crippen LogP) is 3.99. The maximum absolute atomic E-state index is 13.8. The number of amides is 2. The van der Waals surface area contributed by atoms with Gasteiger partial charge in [0.2, 0.25) is 5.75 Å². The Balaban J connectivity index is 1.69. The van der Waals surface area contributed by atoms with Gasteiger partial charge in [0.05, 0.1) is 17.5 Å². The zero-order valence-electron chi connectivity index (χ0n) is 22.3. The zero-order valence-corrected chi connectivity index (χ0v) is 22.3. The number of hydrogen-bond donors (Lipinski definition) is 3. The van der Waals surface area contributed by atoms with Crippen LogP contribution in [-0.2, 0) is 18.4 Å². The Hall–Kier alpha value is -4.28. The summed E-state index contributed by atoms with van der Waals surface area (Å²) in [5.74, 6) is -2.02. The maximum atomic E-state index is 13.8. The fourth-order valence-electron chi connectivity index (χ4n) is 6.39. The third-order valence-corrected chi connectivity index (χ3v) is 7.84. The van der Waals surface area contributed by atoms with Crippen LogP contribution < -0.4 is 10.9 Å². The first-order valence-electron chi connectivity index (χ1n) is 12.9. The second-order valence-electron chi connectivity index (χ2n) is 11.7. The van der Waals surface area contributed by atoms with E-state index in [0.717, 1.165) is 0 Å². The Bertz CT molecular complexity index is 1530. The molecule has 0 saturated heterocycles. The lowest BCUT2D eigenvalue weighted by Crippen LogP contribution is -2.57. The molecule has 2 aliphatic rings. The van der Waals surface area contributed by atoms with Crippen LogP contribution in [0.2, 0.25) is 0 Å². The highest BCUT2D eigenvalue weighted by atomic mass is 19.1. The van der Waals surface area contributed by atoms with E-state index in [0.29, 0.717) is 11.1 Å². The van der Waals surface area contributed by atoms with Crippen molar-refractivity contribution in [2.24, 2.45) is 5.41 Å². The summed E-state index contributed by atoms with van der Waals surface area (Å²) in [4.78, 5) is 44.5. The maximum Gasteiger partial charge on any atom is 0.404 e. The molecular formula is C29H30F2N4O5. The standard InChI is InChI=1S/C29H30F2N4O5/c1-28(2,3)25(33-27(39)40)29(12-16-4-8-18(30)9-5-16)13-20-15-34(14-17-6-10-19(31)11-7-17)24(38)21-22(36)23(37)32-26(29)35(20)21/h4-11,20,25,33,36H,12-15H2,1-3H3,(H,39,40). The summed E-state index contributed by atoms with van der Waals surface area (Å²) in [6.07, 6.45) is -0.795. The number of hydrogen-bond acceptors (Lipinski definition) is 5. The predicted molar refractivity (Wildman–Crippen MR) is 141 cm³/mol. The molecule has 0 radical (unpaired) electrons. The first kappa shape index (κ1) is 27.3. The Morgan fingerprint density at radius 1 is 1.07 bits per heavy atom. The van der Waals surface area contributed by atoms with Gasteiger partial charge in [0.15, 0.2) is 5.69 Å². The minimum Gasteiger partial charge on any atom is -0.501 e. The lowest BCUT2D eigenvalue weighted by molar-refractivity contribution is 0.0642. The molecule has 210 valence electrons. The van der Waals surface area contributed by atoms with Crippen molar-refractivity contribution in [2.45, 2.75) is 57.7 Å². The number of halogens is 2. The molecule has 3 N–H and O–H groups in total. The van der Waals surface area contributed by atoms with Crippen LogP contribution in [0.3, 0.4) is 0 Å². The molecule has 2 amide bonds. The van der Waals surface area contributed by atoms with Crippen LogP contribution in [0.5, 0.6) is 5.75 Å². The number of aromatic nitrogens is 2.